The normalized spacial score (nSPS) is 15.3. The largest absolute Gasteiger partial charge is 0.463 e. The van der Waals surface area contributed by atoms with Crippen molar-refractivity contribution in [3.05, 3.63) is 63.6 Å². The van der Waals surface area contributed by atoms with E-state index in [1.165, 1.54) is 0 Å². The second-order valence-corrected chi connectivity index (χ2v) is 7.56. The molecule has 0 N–H and O–H groups in total. The van der Waals surface area contributed by atoms with Crippen LogP contribution in [0.15, 0.2) is 52.5 Å². The highest BCUT2D eigenvalue weighted by Gasteiger charge is 2.23. The molecule has 2 aromatic heterocycles. The number of hydrogen-bond acceptors (Lipinski definition) is 5. The van der Waals surface area contributed by atoms with Crippen molar-refractivity contribution >= 4 is 28.8 Å². The summed E-state index contributed by atoms with van der Waals surface area (Å²) in [4.78, 5) is 21.4. The van der Waals surface area contributed by atoms with Gasteiger partial charge in [-0.2, -0.15) is 0 Å². The first-order chi connectivity index (χ1) is 12.7. The van der Waals surface area contributed by atoms with Crippen LogP contribution < -0.4 is 0 Å². The molecule has 3 heterocycles. The van der Waals surface area contributed by atoms with Gasteiger partial charge in [-0.25, -0.2) is 4.98 Å². The quantitative estimate of drug-likeness (QED) is 0.678. The molecular weight excluding hydrogens is 370 g/mol. The zero-order valence-corrected chi connectivity index (χ0v) is 15.7. The number of carbonyl (C=O) groups excluding carboxylic acids is 1. The van der Waals surface area contributed by atoms with E-state index in [4.69, 9.17) is 16.0 Å². The molecule has 5 nitrogen and oxygen atoms in total. The molecule has 7 heteroatoms. The molecule has 0 spiro atoms. The third-order valence-electron chi connectivity index (χ3n) is 4.42. The molecule has 1 amide bonds. The number of carbonyl (C=O) groups is 1. The molecule has 0 bridgehead atoms. The van der Waals surface area contributed by atoms with Crippen LogP contribution in [0.4, 0.5) is 0 Å². The fourth-order valence-corrected chi connectivity index (χ4v) is 4.04. The number of hydrogen-bond donors (Lipinski definition) is 0. The Morgan fingerprint density at radius 1 is 1.19 bits per heavy atom. The van der Waals surface area contributed by atoms with Crippen LogP contribution in [0.25, 0.3) is 11.5 Å². The number of piperazine rings is 1. The van der Waals surface area contributed by atoms with Gasteiger partial charge in [-0.3, -0.25) is 9.69 Å². The summed E-state index contributed by atoms with van der Waals surface area (Å²) in [6.45, 7) is 3.89. The van der Waals surface area contributed by atoms with E-state index in [0.29, 0.717) is 23.7 Å². The predicted octanol–water partition coefficient (Wildman–Crippen LogP) is 4.01. The summed E-state index contributed by atoms with van der Waals surface area (Å²) >= 11 is 7.63. The van der Waals surface area contributed by atoms with Gasteiger partial charge in [-0.05, 0) is 30.3 Å². The number of nitrogens with zero attached hydrogens (tertiary/aromatic N) is 3. The van der Waals surface area contributed by atoms with Crippen molar-refractivity contribution in [1.29, 1.82) is 0 Å². The molecule has 1 aliphatic rings. The van der Waals surface area contributed by atoms with Gasteiger partial charge in [0.2, 0.25) is 0 Å². The monoisotopic (exact) mass is 387 g/mol. The van der Waals surface area contributed by atoms with Crippen LogP contribution in [0, 0.1) is 0 Å². The van der Waals surface area contributed by atoms with E-state index in [2.05, 4.69) is 9.88 Å². The van der Waals surface area contributed by atoms with Gasteiger partial charge in [0.15, 0.2) is 5.76 Å². The highest BCUT2D eigenvalue weighted by molar-refractivity contribution is 7.09. The Bertz CT molecular complexity index is 886. The van der Waals surface area contributed by atoms with Crippen molar-refractivity contribution in [3.63, 3.8) is 0 Å². The summed E-state index contributed by atoms with van der Waals surface area (Å²) in [5.74, 6) is 0.839. The van der Waals surface area contributed by atoms with E-state index in [1.807, 2.05) is 34.5 Å². The maximum absolute atomic E-state index is 12.6. The Morgan fingerprint density at radius 2 is 2.04 bits per heavy atom. The zero-order valence-electron chi connectivity index (χ0n) is 14.1. The van der Waals surface area contributed by atoms with Crippen LogP contribution >= 0.6 is 22.9 Å². The fourth-order valence-electron chi connectivity index (χ4n) is 3.03. The fraction of sp³-hybridized carbons (Fsp3) is 0.263. The number of aromatic nitrogens is 1. The van der Waals surface area contributed by atoms with Crippen LogP contribution in [-0.2, 0) is 6.54 Å². The molecule has 0 unspecified atom stereocenters. The van der Waals surface area contributed by atoms with Gasteiger partial charge in [-0.15, -0.1) is 11.3 Å². The lowest BCUT2D eigenvalue weighted by molar-refractivity contribution is 0.0628. The molecule has 1 saturated heterocycles. The van der Waals surface area contributed by atoms with Crippen LogP contribution in [-0.4, -0.2) is 46.9 Å². The van der Waals surface area contributed by atoms with E-state index in [1.54, 1.807) is 29.7 Å². The molecule has 0 saturated carbocycles. The van der Waals surface area contributed by atoms with Crippen molar-refractivity contribution < 1.29 is 9.21 Å². The maximum atomic E-state index is 12.6. The van der Waals surface area contributed by atoms with Crippen LogP contribution in [0.1, 0.15) is 15.4 Å². The lowest BCUT2D eigenvalue weighted by Gasteiger charge is -2.34. The van der Waals surface area contributed by atoms with E-state index in [9.17, 15) is 4.79 Å². The Balaban J connectivity index is 1.33. The molecule has 0 radical (unpaired) electrons. The summed E-state index contributed by atoms with van der Waals surface area (Å²) in [5.41, 5.74) is 1.53. The highest BCUT2D eigenvalue weighted by Crippen LogP contribution is 2.23. The smallest absolute Gasteiger partial charge is 0.253 e. The first-order valence-corrected chi connectivity index (χ1v) is 9.70. The summed E-state index contributed by atoms with van der Waals surface area (Å²) in [5, 5.41) is 3.67. The van der Waals surface area contributed by atoms with Gasteiger partial charge in [0.05, 0.1) is 12.8 Å². The minimum absolute atomic E-state index is 0.0431. The van der Waals surface area contributed by atoms with Gasteiger partial charge in [0.25, 0.3) is 5.91 Å². The number of amides is 1. The Kier molecular flexibility index (Phi) is 5.06. The average molecular weight is 388 g/mol. The molecule has 0 atom stereocenters. The zero-order chi connectivity index (χ0) is 17.9. The Hall–Kier alpha value is -2.15. The summed E-state index contributed by atoms with van der Waals surface area (Å²) in [6, 6.07) is 10.9. The van der Waals surface area contributed by atoms with Gasteiger partial charge in [-0.1, -0.05) is 17.7 Å². The van der Waals surface area contributed by atoms with Crippen molar-refractivity contribution in [3.8, 4) is 11.5 Å². The third-order valence-corrected chi connectivity index (χ3v) is 5.48. The molecule has 4 rings (SSSR count). The standard InChI is InChI=1S/C19H18ClN3O2S/c20-15-4-1-3-14(11-15)19(24)23-8-6-22(7-9-23)12-18-21-16(13-26-18)17-5-2-10-25-17/h1-5,10-11,13H,6-9,12H2. The van der Waals surface area contributed by atoms with Gasteiger partial charge in [0, 0.05) is 42.1 Å². The lowest BCUT2D eigenvalue weighted by atomic mass is 10.2. The minimum atomic E-state index is 0.0431. The lowest BCUT2D eigenvalue weighted by Crippen LogP contribution is -2.48. The molecule has 3 aromatic rings. The van der Waals surface area contributed by atoms with Crippen LogP contribution in [0.3, 0.4) is 0 Å². The Morgan fingerprint density at radius 3 is 2.77 bits per heavy atom. The molecule has 1 aliphatic heterocycles. The second-order valence-electron chi connectivity index (χ2n) is 6.18. The molecular formula is C19H18ClN3O2S. The van der Waals surface area contributed by atoms with Crippen molar-refractivity contribution in [1.82, 2.24) is 14.8 Å². The topological polar surface area (TPSA) is 49.6 Å². The third kappa shape index (κ3) is 3.82. The van der Waals surface area contributed by atoms with Crippen molar-refractivity contribution in [2.75, 3.05) is 26.2 Å². The molecule has 134 valence electrons. The van der Waals surface area contributed by atoms with E-state index in [0.717, 1.165) is 36.1 Å². The molecule has 26 heavy (non-hydrogen) atoms. The first-order valence-electron chi connectivity index (χ1n) is 8.44. The van der Waals surface area contributed by atoms with Crippen LogP contribution in [0.5, 0.6) is 0 Å². The highest BCUT2D eigenvalue weighted by atomic mass is 35.5. The first kappa shape index (κ1) is 17.3. The second kappa shape index (κ2) is 7.61. The number of furan rings is 1. The minimum Gasteiger partial charge on any atom is -0.463 e. The number of halogens is 1. The van der Waals surface area contributed by atoms with Gasteiger partial charge >= 0.3 is 0 Å². The Labute approximate surface area is 160 Å². The van der Waals surface area contributed by atoms with E-state index < -0.39 is 0 Å². The summed E-state index contributed by atoms with van der Waals surface area (Å²) < 4.78 is 5.39. The summed E-state index contributed by atoms with van der Waals surface area (Å²) in [7, 11) is 0. The SMILES string of the molecule is O=C(c1cccc(Cl)c1)N1CCN(Cc2nc(-c3ccco3)cs2)CC1. The number of benzene rings is 1. The number of thiazole rings is 1. The van der Waals surface area contributed by atoms with E-state index in [-0.39, 0.29) is 5.91 Å². The van der Waals surface area contributed by atoms with Gasteiger partial charge in [0.1, 0.15) is 10.7 Å². The molecule has 0 aliphatic carbocycles. The maximum Gasteiger partial charge on any atom is 0.253 e. The molecule has 1 aromatic carbocycles. The average Bonchev–Trinajstić information content (AvgIpc) is 3.33. The van der Waals surface area contributed by atoms with Crippen LogP contribution in [0.2, 0.25) is 5.02 Å². The van der Waals surface area contributed by atoms with Crippen molar-refractivity contribution in [2.24, 2.45) is 0 Å². The van der Waals surface area contributed by atoms with Gasteiger partial charge < -0.3 is 9.32 Å². The van der Waals surface area contributed by atoms with E-state index >= 15 is 0 Å². The molecule has 1 fully saturated rings. The van der Waals surface area contributed by atoms with Crippen molar-refractivity contribution in [2.45, 2.75) is 6.54 Å². The predicted molar refractivity (Wildman–Crippen MR) is 102 cm³/mol. The summed E-state index contributed by atoms with van der Waals surface area (Å²) in [6.07, 6.45) is 1.66. The number of rotatable bonds is 4.